The standard InChI is InChI=1S/C13H19NO5S2/c1-2-19-9-11-4-3-5-13(8-11)21(17,18)14-12-6-7-20(15,16)10-12/h3-5,8,12,14H,2,6-7,9-10H2,1H3/t12-/m0/s1. The highest BCUT2D eigenvalue weighted by Gasteiger charge is 2.31. The predicted octanol–water partition coefficient (Wildman–Crippen LogP) is 0.689. The van der Waals surface area contributed by atoms with E-state index in [4.69, 9.17) is 4.74 Å². The smallest absolute Gasteiger partial charge is 0.240 e. The molecule has 1 aliphatic heterocycles. The van der Waals surface area contributed by atoms with Gasteiger partial charge in [-0.15, -0.1) is 0 Å². The van der Waals surface area contributed by atoms with Gasteiger partial charge in [-0.3, -0.25) is 0 Å². The highest BCUT2D eigenvalue weighted by atomic mass is 32.2. The van der Waals surface area contributed by atoms with E-state index in [-0.39, 0.29) is 16.4 Å². The van der Waals surface area contributed by atoms with E-state index >= 15 is 0 Å². The Labute approximate surface area is 125 Å². The van der Waals surface area contributed by atoms with Crippen LogP contribution >= 0.6 is 0 Å². The fraction of sp³-hybridized carbons (Fsp3) is 0.538. The van der Waals surface area contributed by atoms with Crippen molar-refractivity contribution < 1.29 is 21.6 Å². The molecule has 118 valence electrons. The van der Waals surface area contributed by atoms with Gasteiger partial charge in [0.15, 0.2) is 9.84 Å². The molecule has 1 aromatic carbocycles. The van der Waals surface area contributed by atoms with Crippen LogP contribution in [-0.4, -0.2) is 41.0 Å². The van der Waals surface area contributed by atoms with Crippen molar-refractivity contribution in [2.75, 3.05) is 18.1 Å². The Morgan fingerprint density at radius 2 is 2.14 bits per heavy atom. The van der Waals surface area contributed by atoms with Crippen LogP contribution in [0.1, 0.15) is 18.9 Å². The number of rotatable bonds is 6. The molecule has 1 fully saturated rings. The molecule has 1 heterocycles. The molecule has 1 aromatic rings. The molecule has 8 heteroatoms. The molecule has 1 atom stereocenters. The summed E-state index contributed by atoms with van der Waals surface area (Å²) in [6.45, 7) is 2.76. The first-order chi connectivity index (χ1) is 9.82. The summed E-state index contributed by atoms with van der Waals surface area (Å²) in [6.07, 6.45) is 0.320. The van der Waals surface area contributed by atoms with Crippen LogP contribution in [0.15, 0.2) is 29.2 Å². The van der Waals surface area contributed by atoms with Crippen LogP contribution in [0.3, 0.4) is 0 Å². The molecule has 21 heavy (non-hydrogen) atoms. The summed E-state index contributed by atoms with van der Waals surface area (Å²) >= 11 is 0. The van der Waals surface area contributed by atoms with Gasteiger partial charge in [-0.05, 0) is 31.0 Å². The molecular formula is C13H19NO5S2. The lowest BCUT2D eigenvalue weighted by Gasteiger charge is -2.12. The van der Waals surface area contributed by atoms with Crippen molar-refractivity contribution in [3.05, 3.63) is 29.8 Å². The topological polar surface area (TPSA) is 89.5 Å². The van der Waals surface area contributed by atoms with Gasteiger partial charge < -0.3 is 4.74 Å². The highest BCUT2D eigenvalue weighted by molar-refractivity contribution is 7.92. The van der Waals surface area contributed by atoms with Gasteiger partial charge in [0.05, 0.1) is 23.0 Å². The molecule has 0 saturated carbocycles. The largest absolute Gasteiger partial charge is 0.377 e. The Morgan fingerprint density at radius 3 is 2.76 bits per heavy atom. The van der Waals surface area contributed by atoms with Gasteiger partial charge in [0.25, 0.3) is 0 Å². The van der Waals surface area contributed by atoms with Gasteiger partial charge >= 0.3 is 0 Å². The Hall–Kier alpha value is -0.960. The normalized spacial score (nSPS) is 21.5. The van der Waals surface area contributed by atoms with E-state index in [2.05, 4.69) is 4.72 Å². The number of hydrogen-bond donors (Lipinski definition) is 1. The van der Waals surface area contributed by atoms with E-state index in [1.807, 2.05) is 6.92 Å². The molecule has 0 aliphatic carbocycles. The van der Waals surface area contributed by atoms with Gasteiger partial charge in [0.2, 0.25) is 10.0 Å². The summed E-state index contributed by atoms with van der Waals surface area (Å²) in [6, 6.07) is 5.92. The lowest BCUT2D eigenvalue weighted by atomic mass is 10.2. The average molecular weight is 333 g/mol. The Morgan fingerprint density at radius 1 is 1.38 bits per heavy atom. The van der Waals surface area contributed by atoms with Crippen LogP contribution in [0.5, 0.6) is 0 Å². The first kappa shape index (κ1) is 16.4. The predicted molar refractivity (Wildman–Crippen MR) is 79.2 cm³/mol. The molecular weight excluding hydrogens is 314 g/mol. The minimum atomic E-state index is -3.71. The SMILES string of the molecule is CCOCc1cccc(S(=O)(=O)N[C@H]2CCS(=O)(=O)C2)c1. The molecule has 0 aromatic heterocycles. The van der Waals surface area contributed by atoms with Crippen LogP contribution in [-0.2, 0) is 31.2 Å². The quantitative estimate of drug-likeness (QED) is 0.827. The van der Waals surface area contributed by atoms with E-state index in [0.29, 0.717) is 19.6 Å². The van der Waals surface area contributed by atoms with Crippen molar-refractivity contribution in [1.82, 2.24) is 4.72 Å². The fourth-order valence-electron chi connectivity index (χ4n) is 2.20. The summed E-state index contributed by atoms with van der Waals surface area (Å²) < 4.78 is 55.0. The second-order valence-electron chi connectivity index (χ2n) is 5.01. The van der Waals surface area contributed by atoms with Crippen molar-refractivity contribution in [1.29, 1.82) is 0 Å². The molecule has 0 amide bonds. The van der Waals surface area contributed by atoms with Gasteiger partial charge in [-0.2, -0.15) is 0 Å². The Kier molecular flexibility index (Phi) is 5.03. The van der Waals surface area contributed by atoms with Crippen LogP contribution in [0.2, 0.25) is 0 Å². The van der Waals surface area contributed by atoms with E-state index in [0.717, 1.165) is 5.56 Å². The van der Waals surface area contributed by atoms with Gasteiger partial charge in [-0.25, -0.2) is 21.6 Å². The van der Waals surface area contributed by atoms with E-state index in [1.54, 1.807) is 18.2 Å². The van der Waals surface area contributed by atoms with E-state index in [1.165, 1.54) is 6.07 Å². The molecule has 0 unspecified atom stereocenters. The molecule has 1 saturated heterocycles. The van der Waals surface area contributed by atoms with E-state index < -0.39 is 25.9 Å². The third-order valence-electron chi connectivity index (χ3n) is 3.24. The van der Waals surface area contributed by atoms with Crippen molar-refractivity contribution in [3.8, 4) is 0 Å². The number of sulfonamides is 1. The zero-order valence-electron chi connectivity index (χ0n) is 11.8. The number of ether oxygens (including phenoxy) is 1. The van der Waals surface area contributed by atoms with Crippen molar-refractivity contribution in [2.45, 2.75) is 30.9 Å². The second kappa shape index (κ2) is 6.43. The van der Waals surface area contributed by atoms with Crippen LogP contribution < -0.4 is 4.72 Å². The number of sulfone groups is 1. The molecule has 0 radical (unpaired) electrons. The first-order valence-electron chi connectivity index (χ1n) is 6.72. The third kappa shape index (κ3) is 4.50. The number of nitrogens with one attached hydrogen (secondary N) is 1. The van der Waals surface area contributed by atoms with Crippen LogP contribution in [0, 0.1) is 0 Å². The summed E-state index contributed by atoms with van der Waals surface area (Å²) in [5, 5.41) is 0. The lowest BCUT2D eigenvalue weighted by Crippen LogP contribution is -2.35. The lowest BCUT2D eigenvalue weighted by molar-refractivity contribution is 0.134. The maximum Gasteiger partial charge on any atom is 0.240 e. The van der Waals surface area contributed by atoms with Gasteiger partial charge in [-0.1, -0.05) is 12.1 Å². The summed E-state index contributed by atoms with van der Waals surface area (Å²) in [7, 11) is -6.83. The molecule has 6 nitrogen and oxygen atoms in total. The zero-order chi connectivity index (χ0) is 15.5. The molecule has 1 aliphatic rings. The Balaban J connectivity index is 2.12. The molecule has 0 spiro atoms. The second-order valence-corrected chi connectivity index (χ2v) is 8.95. The summed E-state index contributed by atoms with van der Waals surface area (Å²) in [5.41, 5.74) is 0.763. The molecule has 2 rings (SSSR count). The zero-order valence-corrected chi connectivity index (χ0v) is 13.4. The summed E-state index contributed by atoms with van der Waals surface area (Å²) in [4.78, 5) is 0.129. The maximum atomic E-state index is 12.3. The number of benzene rings is 1. The van der Waals surface area contributed by atoms with Crippen molar-refractivity contribution >= 4 is 19.9 Å². The number of hydrogen-bond acceptors (Lipinski definition) is 5. The van der Waals surface area contributed by atoms with Gasteiger partial charge in [0, 0.05) is 12.6 Å². The van der Waals surface area contributed by atoms with E-state index in [9.17, 15) is 16.8 Å². The minimum Gasteiger partial charge on any atom is -0.377 e. The third-order valence-corrected chi connectivity index (χ3v) is 6.52. The van der Waals surface area contributed by atoms with Crippen LogP contribution in [0.25, 0.3) is 0 Å². The van der Waals surface area contributed by atoms with Gasteiger partial charge in [0.1, 0.15) is 0 Å². The van der Waals surface area contributed by atoms with Crippen molar-refractivity contribution in [2.24, 2.45) is 0 Å². The van der Waals surface area contributed by atoms with Crippen LogP contribution in [0.4, 0.5) is 0 Å². The average Bonchev–Trinajstić information content (AvgIpc) is 2.75. The highest BCUT2D eigenvalue weighted by Crippen LogP contribution is 2.17. The maximum absolute atomic E-state index is 12.3. The molecule has 0 bridgehead atoms. The first-order valence-corrected chi connectivity index (χ1v) is 10.0. The van der Waals surface area contributed by atoms with Crippen molar-refractivity contribution in [3.63, 3.8) is 0 Å². The summed E-state index contributed by atoms with van der Waals surface area (Å²) in [5.74, 6) is -0.102. The minimum absolute atomic E-state index is 0.0323. The monoisotopic (exact) mass is 333 g/mol. The molecule has 1 N–H and O–H groups in total. The Bertz CT molecular complexity index is 697. The fourth-order valence-corrected chi connectivity index (χ4v) is 5.32.